The molecule has 2 heteroatoms. The van der Waals surface area contributed by atoms with Crippen molar-refractivity contribution in [1.82, 2.24) is 5.32 Å². The molecule has 0 atom stereocenters. The van der Waals surface area contributed by atoms with Gasteiger partial charge in [0.2, 0.25) is 5.91 Å². The van der Waals surface area contributed by atoms with Crippen molar-refractivity contribution < 1.29 is 4.79 Å². The molecule has 9 heavy (non-hydrogen) atoms. The van der Waals surface area contributed by atoms with Gasteiger partial charge in [0, 0.05) is 13.1 Å². The molecule has 0 rings (SSSR count). The largest absolute Gasteiger partial charge is 0.333 e. The summed E-state index contributed by atoms with van der Waals surface area (Å²) in [6.45, 7) is 5.53. The van der Waals surface area contributed by atoms with Gasteiger partial charge in [-0.3, -0.25) is 4.79 Å². The number of nitrogens with one attached hydrogen (secondary N) is 1. The Morgan fingerprint density at radius 3 is 2.44 bits per heavy atom. The van der Waals surface area contributed by atoms with Crippen LogP contribution in [-0.2, 0) is 4.79 Å². The maximum absolute atomic E-state index is 10.3. The van der Waals surface area contributed by atoms with Crippen LogP contribution in [-0.4, -0.2) is 5.91 Å². The molecule has 0 aliphatic rings. The first-order chi connectivity index (χ1) is 4.16. The van der Waals surface area contributed by atoms with E-state index in [-0.39, 0.29) is 5.91 Å². The van der Waals surface area contributed by atoms with E-state index in [4.69, 9.17) is 0 Å². The number of carbonyl (C=O) groups is 1. The van der Waals surface area contributed by atoms with Gasteiger partial charge in [0.05, 0.1) is 0 Å². The van der Waals surface area contributed by atoms with Gasteiger partial charge in [-0.2, -0.15) is 0 Å². The van der Waals surface area contributed by atoms with Crippen LogP contribution in [0.1, 0.15) is 27.2 Å². The van der Waals surface area contributed by atoms with Gasteiger partial charge in [-0.05, 0) is 13.3 Å². The van der Waals surface area contributed by atoms with Crippen LogP contribution in [0.4, 0.5) is 0 Å². The number of amides is 1. The zero-order valence-corrected chi connectivity index (χ0v) is 6.19. The molecule has 1 amide bonds. The summed E-state index contributed by atoms with van der Waals surface area (Å²) in [5, 5.41) is 2.60. The molecule has 2 nitrogen and oxygen atoms in total. The Labute approximate surface area is 56.0 Å². The van der Waals surface area contributed by atoms with E-state index in [1.165, 1.54) is 12.5 Å². The Morgan fingerprint density at radius 2 is 2.11 bits per heavy atom. The first-order valence-electron chi connectivity index (χ1n) is 3.09. The van der Waals surface area contributed by atoms with Gasteiger partial charge in [0.25, 0.3) is 0 Å². The molecule has 0 aliphatic carbocycles. The van der Waals surface area contributed by atoms with Gasteiger partial charge in [-0.1, -0.05) is 12.5 Å². The van der Waals surface area contributed by atoms with E-state index in [0.717, 1.165) is 6.42 Å². The van der Waals surface area contributed by atoms with Crippen molar-refractivity contribution in [1.29, 1.82) is 0 Å². The zero-order valence-electron chi connectivity index (χ0n) is 6.19. The van der Waals surface area contributed by atoms with E-state index in [1.807, 2.05) is 13.8 Å². The molecule has 0 unspecified atom stereocenters. The third-order valence-electron chi connectivity index (χ3n) is 1.08. The number of hydrogen-bond acceptors (Lipinski definition) is 1. The Balaban J connectivity index is 3.56. The molecule has 0 fully saturated rings. The number of allylic oxidation sites excluding steroid dienone is 1. The van der Waals surface area contributed by atoms with Gasteiger partial charge in [0.1, 0.15) is 0 Å². The van der Waals surface area contributed by atoms with Crippen LogP contribution in [0.15, 0.2) is 11.8 Å². The normalized spacial score (nSPS) is 11.2. The fourth-order valence-electron chi connectivity index (χ4n) is 0.327. The SMILES string of the molecule is CCC(C)=CNC(C)=O. The zero-order chi connectivity index (χ0) is 7.28. The third kappa shape index (κ3) is 5.07. The summed E-state index contributed by atoms with van der Waals surface area (Å²) in [4.78, 5) is 10.3. The molecular weight excluding hydrogens is 114 g/mol. The highest BCUT2D eigenvalue weighted by atomic mass is 16.1. The second kappa shape index (κ2) is 4.13. The van der Waals surface area contributed by atoms with Gasteiger partial charge in [-0.25, -0.2) is 0 Å². The average molecular weight is 127 g/mol. The van der Waals surface area contributed by atoms with E-state index in [0.29, 0.717) is 0 Å². The summed E-state index contributed by atoms with van der Waals surface area (Å²) in [5.74, 6) is -0.0113. The summed E-state index contributed by atoms with van der Waals surface area (Å²) in [6.07, 6.45) is 2.72. The molecule has 52 valence electrons. The molecule has 1 N–H and O–H groups in total. The summed E-state index contributed by atoms with van der Waals surface area (Å²) >= 11 is 0. The van der Waals surface area contributed by atoms with Crippen molar-refractivity contribution in [2.45, 2.75) is 27.2 Å². The number of carbonyl (C=O) groups excluding carboxylic acids is 1. The van der Waals surface area contributed by atoms with Crippen molar-refractivity contribution in [2.24, 2.45) is 0 Å². The molecule has 0 saturated carbocycles. The van der Waals surface area contributed by atoms with E-state index in [2.05, 4.69) is 5.32 Å². The second-order valence-electron chi connectivity index (χ2n) is 2.04. The van der Waals surface area contributed by atoms with E-state index < -0.39 is 0 Å². The van der Waals surface area contributed by atoms with Crippen molar-refractivity contribution in [2.75, 3.05) is 0 Å². The van der Waals surface area contributed by atoms with Gasteiger partial charge < -0.3 is 5.32 Å². The monoisotopic (exact) mass is 127 g/mol. The van der Waals surface area contributed by atoms with Crippen LogP contribution in [0, 0.1) is 0 Å². The summed E-state index contributed by atoms with van der Waals surface area (Å²) in [6, 6.07) is 0. The molecule has 0 radical (unpaired) electrons. The molecule has 0 spiro atoms. The lowest BCUT2D eigenvalue weighted by Crippen LogP contribution is -2.12. The van der Waals surface area contributed by atoms with Crippen molar-refractivity contribution in [3.05, 3.63) is 11.8 Å². The minimum absolute atomic E-state index is 0.0113. The lowest BCUT2D eigenvalue weighted by molar-refractivity contribution is -0.118. The molecule has 0 aromatic heterocycles. The quantitative estimate of drug-likeness (QED) is 0.597. The maximum Gasteiger partial charge on any atom is 0.220 e. The van der Waals surface area contributed by atoms with Crippen LogP contribution in [0.5, 0.6) is 0 Å². The molecule has 0 aromatic rings. The van der Waals surface area contributed by atoms with Crippen molar-refractivity contribution in [3.63, 3.8) is 0 Å². The predicted octanol–water partition coefficient (Wildman–Crippen LogP) is 1.44. The maximum atomic E-state index is 10.3. The fraction of sp³-hybridized carbons (Fsp3) is 0.571. The Kier molecular flexibility index (Phi) is 3.76. The first kappa shape index (κ1) is 8.21. The second-order valence-corrected chi connectivity index (χ2v) is 2.04. The van der Waals surface area contributed by atoms with E-state index in [9.17, 15) is 4.79 Å². The first-order valence-corrected chi connectivity index (χ1v) is 3.09. The molecule has 0 saturated heterocycles. The van der Waals surface area contributed by atoms with Crippen molar-refractivity contribution in [3.8, 4) is 0 Å². The van der Waals surface area contributed by atoms with Gasteiger partial charge >= 0.3 is 0 Å². The van der Waals surface area contributed by atoms with Gasteiger partial charge in [-0.15, -0.1) is 0 Å². The van der Waals surface area contributed by atoms with E-state index >= 15 is 0 Å². The number of rotatable bonds is 2. The molecule has 0 aromatic carbocycles. The minimum atomic E-state index is -0.0113. The highest BCUT2D eigenvalue weighted by Gasteiger charge is 1.84. The Hall–Kier alpha value is -0.790. The Morgan fingerprint density at radius 1 is 1.56 bits per heavy atom. The third-order valence-corrected chi connectivity index (χ3v) is 1.08. The lowest BCUT2D eigenvalue weighted by atomic mass is 10.3. The summed E-state index contributed by atoms with van der Waals surface area (Å²) < 4.78 is 0. The lowest BCUT2D eigenvalue weighted by Gasteiger charge is -1.94. The van der Waals surface area contributed by atoms with Crippen LogP contribution in [0.25, 0.3) is 0 Å². The fourth-order valence-corrected chi connectivity index (χ4v) is 0.327. The molecule has 0 heterocycles. The van der Waals surface area contributed by atoms with Crippen LogP contribution >= 0.6 is 0 Å². The number of hydrogen-bond donors (Lipinski definition) is 1. The van der Waals surface area contributed by atoms with E-state index in [1.54, 1.807) is 6.20 Å². The molecular formula is C7H13NO. The molecule has 0 bridgehead atoms. The predicted molar refractivity (Wildman–Crippen MR) is 37.9 cm³/mol. The van der Waals surface area contributed by atoms with Crippen molar-refractivity contribution >= 4 is 5.91 Å². The van der Waals surface area contributed by atoms with Crippen LogP contribution < -0.4 is 5.32 Å². The standard InChI is InChI=1S/C7H13NO/c1-4-6(2)5-8-7(3)9/h5H,4H2,1-3H3,(H,8,9). The van der Waals surface area contributed by atoms with Crippen LogP contribution in [0.3, 0.4) is 0 Å². The highest BCUT2D eigenvalue weighted by molar-refractivity contribution is 5.73. The van der Waals surface area contributed by atoms with Crippen LogP contribution in [0.2, 0.25) is 0 Å². The minimum Gasteiger partial charge on any atom is -0.333 e. The smallest absolute Gasteiger partial charge is 0.220 e. The summed E-state index contributed by atoms with van der Waals surface area (Å²) in [7, 11) is 0. The highest BCUT2D eigenvalue weighted by Crippen LogP contribution is 1.93. The molecule has 0 aliphatic heterocycles. The van der Waals surface area contributed by atoms with Gasteiger partial charge in [0.15, 0.2) is 0 Å². The Bertz CT molecular complexity index is 127. The topological polar surface area (TPSA) is 29.1 Å². The summed E-state index contributed by atoms with van der Waals surface area (Å²) in [5.41, 5.74) is 1.19. The average Bonchev–Trinajstić information content (AvgIpc) is 1.83.